The van der Waals surface area contributed by atoms with Crippen molar-refractivity contribution in [2.45, 2.75) is 51.7 Å². The number of carbonyl (C=O) groups is 1. The van der Waals surface area contributed by atoms with E-state index in [2.05, 4.69) is 46.6 Å². The molecule has 0 unspecified atom stereocenters. The standard InChI is InChI=1S/C24H28N6O2/c1-15(2)18-5-3-4-16(10-18)11-27-22-24(32)30-19(14-28-22)7-8-20(30)23(31)29-13-17-6-9-21(25)26-12-17/h3-6,9-10,12,14-15,20H,7-8,11,13H2,1-2H3,(H2,25,26)(H,27,28)(H,29,31)/t20-/m0/s1. The minimum atomic E-state index is -0.549. The van der Waals surface area contributed by atoms with Gasteiger partial charge in [-0.1, -0.05) is 44.2 Å². The molecule has 1 aliphatic rings. The number of aryl methyl sites for hydroxylation is 1. The number of benzene rings is 1. The van der Waals surface area contributed by atoms with Gasteiger partial charge in [0, 0.05) is 31.2 Å². The molecule has 0 saturated carbocycles. The van der Waals surface area contributed by atoms with E-state index < -0.39 is 6.04 Å². The van der Waals surface area contributed by atoms with Crippen molar-refractivity contribution in [3.8, 4) is 0 Å². The summed E-state index contributed by atoms with van der Waals surface area (Å²) in [7, 11) is 0. The predicted octanol–water partition coefficient (Wildman–Crippen LogP) is 2.76. The highest BCUT2D eigenvalue weighted by molar-refractivity contribution is 5.81. The molecule has 1 atom stereocenters. The van der Waals surface area contributed by atoms with E-state index in [1.54, 1.807) is 23.0 Å². The lowest BCUT2D eigenvalue weighted by Crippen LogP contribution is -2.36. The fraction of sp³-hybridized carbons (Fsp3) is 0.333. The number of amides is 1. The van der Waals surface area contributed by atoms with Gasteiger partial charge in [0.25, 0.3) is 5.56 Å². The van der Waals surface area contributed by atoms with Crippen molar-refractivity contribution in [3.05, 3.63) is 81.5 Å². The van der Waals surface area contributed by atoms with Crippen molar-refractivity contribution in [1.82, 2.24) is 19.9 Å². The number of anilines is 2. The summed E-state index contributed by atoms with van der Waals surface area (Å²) in [5, 5.41) is 6.05. The maximum atomic E-state index is 13.1. The summed E-state index contributed by atoms with van der Waals surface area (Å²) in [5.41, 5.74) is 9.28. The van der Waals surface area contributed by atoms with Crippen LogP contribution in [0.25, 0.3) is 0 Å². The number of hydrogen-bond acceptors (Lipinski definition) is 6. The molecule has 0 fully saturated rings. The second-order valence-corrected chi connectivity index (χ2v) is 8.39. The molecule has 1 aromatic carbocycles. The molecular formula is C24H28N6O2. The van der Waals surface area contributed by atoms with Gasteiger partial charge in [0.2, 0.25) is 5.91 Å². The molecule has 3 aromatic rings. The Hall–Kier alpha value is -3.68. The van der Waals surface area contributed by atoms with Crippen LogP contribution in [0.3, 0.4) is 0 Å². The third-order valence-electron chi connectivity index (χ3n) is 5.75. The Balaban J connectivity index is 1.46. The molecule has 3 heterocycles. The lowest BCUT2D eigenvalue weighted by molar-refractivity contribution is -0.124. The van der Waals surface area contributed by atoms with Crippen LogP contribution in [-0.2, 0) is 24.3 Å². The zero-order valence-corrected chi connectivity index (χ0v) is 18.3. The number of rotatable bonds is 7. The number of nitrogens with one attached hydrogen (secondary N) is 2. The van der Waals surface area contributed by atoms with Crippen LogP contribution in [0.1, 0.15) is 54.6 Å². The highest BCUT2D eigenvalue weighted by atomic mass is 16.2. The van der Waals surface area contributed by atoms with Crippen LogP contribution in [0.5, 0.6) is 0 Å². The summed E-state index contributed by atoms with van der Waals surface area (Å²) in [6, 6.07) is 11.2. The quantitative estimate of drug-likeness (QED) is 0.529. The summed E-state index contributed by atoms with van der Waals surface area (Å²) in [6.45, 7) is 5.12. The highest BCUT2D eigenvalue weighted by Crippen LogP contribution is 2.24. The summed E-state index contributed by atoms with van der Waals surface area (Å²) in [4.78, 5) is 34.3. The molecule has 4 N–H and O–H groups in total. The van der Waals surface area contributed by atoms with Gasteiger partial charge in [-0.25, -0.2) is 9.97 Å². The topological polar surface area (TPSA) is 115 Å². The van der Waals surface area contributed by atoms with Gasteiger partial charge in [0.05, 0.1) is 0 Å². The Labute approximate surface area is 186 Å². The van der Waals surface area contributed by atoms with E-state index >= 15 is 0 Å². The minimum Gasteiger partial charge on any atom is -0.384 e. The number of pyridine rings is 1. The number of fused-ring (bicyclic) bond motifs is 1. The molecule has 0 spiro atoms. The average molecular weight is 433 g/mol. The van der Waals surface area contributed by atoms with Crippen LogP contribution in [-0.4, -0.2) is 20.4 Å². The first-order valence-corrected chi connectivity index (χ1v) is 10.8. The Morgan fingerprint density at radius 1 is 1.16 bits per heavy atom. The molecule has 0 radical (unpaired) electrons. The van der Waals surface area contributed by atoms with Crippen molar-refractivity contribution >= 4 is 17.5 Å². The predicted molar refractivity (Wildman–Crippen MR) is 124 cm³/mol. The Morgan fingerprint density at radius 2 is 2.00 bits per heavy atom. The molecule has 8 heteroatoms. The van der Waals surface area contributed by atoms with E-state index in [0.29, 0.717) is 37.7 Å². The zero-order chi connectivity index (χ0) is 22.7. The SMILES string of the molecule is CC(C)c1cccc(CNc2ncc3n(c2=O)[C@H](C(=O)NCc2ccc(N)nc2)CC3)c1. The van der Waals surface area contributed by atoms with Gasteiger partial charge in [-0.2, -0.15) is 0 Å². The Bertz CT molecular complexity index is 1170. The van der Waals surface area contributed by atoms with Gasteiger partial charge >= 0.3 is 0 Å². The largest absolute Gasteiger partial charge is 0.384 e. The zero-order valence-electron chi connectivity index (χ0n) is 18.3. The van der Waals surface area contributed by atoms with E-state index in [9.17, 15) is 9.59 Å². The first-order valence-electron chi connectivity index (χ1n) is 10.8. The van der Waals surface area contributed by atoms with E-state index in [-0.39, 0.29) is 17.3 Å². The molecule has 4 rings (SSSR count). The monoisotopic (exact) mass is 432 g/mol. The molecule has 1 aliphatic heterocycles. The second kappa shape index (κ2) is 9.21. The van der Waals surface area contributed by atoms with E-state index in [1.807, 2.05) is 18.2 Å². The third kappa shape index (κ3) is 4.64. The summed E-state index contributed by atoms with van der Waals surface area (Å²) >= 11 is 0. The molecule has 166 valence electrons. The molecule has 0 saturated heterocycles. The van der Waals surface area contributed by atoms with Gasteiger partial charge in [0.15, 0.2) is 5.82 Å². The number of hydrogen-bond donors (Lipinski definition) is 3. The van der Waals surface area contributed by atoms with Crippen molar-refractivity contribution in [2.24, 2.45) is 0 Å². The highest BCUT2D eigenvalue weighted by Gasteiger charge is 2.30. The fourth-order valence-electron chi connectivity index (χ4n) is 3.91. The van der Waals surface area contributed by atoms with Gasteiger partial charge < -0.3 is 16.4 Å². The summed E-state index contributed by atoms with van der Waals surface area (Å²) in [6.07, 6.45) is 4.53. The number of carbonyl (C=O) groups excluding carboxylic acids is 1. The molecule has 2 aromatic heterocycles. The van der Waals surface area contributed by atoms with E-state index in [4.69, 9.17) is 5.73 Å². The summed E-state index contributed by atoms with van der Waals surface area (Å²) < 4.78 is 1.57. The molecule has 8 nitrogen and oxygen atoms in total. The van der Waals surface area contributed by atoms with Crippen LogP contribution >= 0.6 is 0 Å². The first kappa shape index (κ1) is 21.5. The average Bonchev–Trinajstić information content (AvgIpc) is 3.23. The normalized spacial score (nSPS) is 14.9. The van der Waals surface area contributed by atoms with Gasteiger partial charge in [-0.3, -0.25) is 14.2 Å². The molecule has 1 amide bonds. The first-order chi connectivity index (χ1) is 15.4. The van der Waals surface area contributed by atoms with Crippen LogP contribution in [0.4, 0.5) is 11.6 Å². The molecule has 0 bridgehead atoms. The molecular weight excluding hydrogens is 404 g/mol. The van der Waals surface area contributed by atoms with Crippen LogP contribution in [0.15, 0.2) is 53.6 Å². The number of nitrogen functional groups attached to an aromatic ring is 1. The smallest absolute Gasteiger partial charge is 0.294 e. The molecule has 32 heavy (non-hydrogen) atoms. The Kier molecular flexibility index (Phi) is 6.20. The number of nitrogens with zero attached hydrogens (tertiary/aromatic N) is 3. The maximum absolute atomic E-state index is 13.1. The molecule has 0 aliphatic carbocycles. The van der Waals surface area contributed by atoms with Crippen molar-refractivity contribution in [1.29, 1.82) is 0 Å². The van der Waals surface area contributed by atoms with Crippen LogP contribution in [0, 0.1) is 0 Å². The van der Waals surface area contributed by atoms with Crippen LogP contribution in [0.2, 0.25) is 0 Å². The minimum absolute atomic E-state index is 0.190. The van der Waals surface area contributed by atoms with E-state index in [0.717, 1.165) is 16.8 Å². The third-order valence-corrected chi connectivity index (χ3v) is 5.75. The van der Waals surface area contributed by atoms with Crippen LogP contribution < -0.4 is 21.9 Å². The maximum Gasteiger partial charge on any atom is 0.294 e. The van der Waals surface area contributed by atoms with Gasteiger partial charge in [-0.15, -0.1) is 0 Å². The van der Waals surface area contributed by atoms with Gasteiger partial charge in [0.1, 0.15) is 11.9 Å². The lowest BCUT2D eigenvalue weighted by Gasteiger charge is -2.16. The van der Waals surface area contributed by atoms with Crippen molar-refractivity contribution in [3.63, 3.8) is 0 Å². The fourth-order valence-corrected chi connectivity index (χ4v) is 3.91. The summed E-state index contributed by atoms with van der Waals surface area (Å²) in [5.74, 6) is 0.928. The number of aromatic nitrogens is 3. The van der Waals surface area contributed by atoms with Crippen molar-refractivity contribution in [2.75, 3.05) is 11.1 Å². The van der Waals surface area contributed by atoms with Gasteiger partial charge in [-0.05, 0) is 41.5 Å². The van der Waals surface area contributed by atoms with Crippen molar-refractivity contribution < 1.29 is 4.79 Å². The Morgan fingerprint density at radius 3 is 2.75 bits per heavy atom. The number of nitrogens with two attached hydrogens (primary N) is 1. The second-order valence-electron chi connectivity index (χ2n) is 8.39. The lowest BCUT2D eigenvalue weighted by atomic mass is 10.0. The van der Waals surface area contributed by atoms with E-state index in [1.165, 1.54) is 5.56 Å².